The third-order valence-corrected chi connectivity index (χ3v) is 6.47. The molecule has 1 aromatic carbocycles. The van der Waals surface area contributed by atoms with E-state index < -0.39 is 10.5 Å². The second-order valence-corrected chi connectivity index (χ2v) is 10.3. The molecular weight excluding hydrogens is 462 g/mol. The lowest BCUT2D eigenvalue weighted by atomic mass is 9.92. The van der Waals surface area contributed by atoms with Crippen molar-refractivity contribution in [3.63, 3.8) is 0 Å². The standard InChI is InChI=1S/C22H25N5O4S2/c1-22(2,3)9-10-26-21(29)17(19(28)18(25-26)15-6-5-11-33-15)20(23)24-14-8-7-13(27(30)31)12-16(14)32-4/h5-8,11-12,28H,9-10H2,1-4H3,(H2,23,24). The van der Waals surface area contributed by atoms with Gasteiger partial charge in [-0.3, -0.25) is 14.9 Å². The number of nitro benzene ring substituents is 1. The van der Waals surface area contributed by atoms with E-state index in [4.69, 9.17) is 5.73 Å². The summed E-state index contributed by atoms with van der Waals surface area (Å²) < 4.78 is 1.31. The van der Waals surface area contributed by atoms with Crippen molar-refractivity contribution in [2.75, 3.05) is 6.26 Å². The van der Waals surface area contributed by atoms with E-state index in [-0.39, 0.29) is 33.9 Å². The SMILES string of the molecule is CSc1cc([N+](=O)[O-])ccc1N=C(N)c1c(O)c(-c2cccs2)nn(CCC(C)(C)C)c1=O. The Hall–Kier alpha value is -3.18. The molecule has 174 valence electrons. The molecule has 0 unspecified atom stereocenters. The van der Waals surface area contributed by atoms with Gasteiger partial charge in [0.1, 0.15) is 17.1 Å². The van der Waals surface area contributed by atoms with Crippen LogP contribution < -0.4 is 11.3 Å². The van der Waals surface area contributed by atoms with Gasteiger partial charge in [-0.25, -0.2) is 9.67 Å². The molecule has 0 bridgehead atoms. The molecule has 33 heavy (non-hydrogen) atoms. The zero-order valence-corrected chi connectivity index (χ0v) is 20.4. The number of aryl methyl sites for hydroxylation is 1. The molecule has 3 aromatic rings. The number of thiophene rings is 1. The number of nitro groups is 1. The molecule has 0 amide bonds. The van der Waals surface area contributed by atoms with Gasteiger partial charge in [-0.2, -0.15) is 5.10 Å². The van der Waals surface area contributed by atoms with Crippen molar-refractivity contribution < 1.29 is 10.0 Å². The van der Waals surface area contributed by atoms with Gasteiger partial charge in [-0.15, -0.1) is 23.1 Å². The Balaban J connectivity index is 2.17. The Morgan fingerprint density at radius 3 is 2.67 bits per heavy atom. The van der Waals surface area contributed by atoms with Crippen LogP contribution in [-0.4, -0.2) is 31.9 Å². The van der Waals surface area contributed by atoms with Gasteiger partial charge in [0.15, 0.2) is 5.75 Å². The van der Waals surface area contributed by atoms with Crippen LogP contribution in [0.4, 0.5) is 11.4 Å². The monoisotopic (exact) mass is 487 g/mol. The Labute approximate surface area is 199 Å². The molecule has 0 atom stereocenters. The number of rotatable bonds is 7. The van der Waals surface area contributed by atoms with Gasteiger partial charge in [0.05, 0.1) is 15.5 Å². The molecule has 0 radical (unpaired) electrons. The maximum absolute atomic E-state index is 13.2. The maximum Gasteiger partial charge on any atom is 0.281 e. The number of hydrogen-bond donors (Lipinski definition) is 2. The minimum Gasteiger partial charge on any atom is -0.505 e. The third-order valence-electron chi connectivity index (χ3n) is 4.83. The van der Waals surface area contributed by atoms with E-state index in [9.17, 15) is 20.0 Å². The van der Waals surface area contributed by atoms with Crippen LogP contribution in [0.25, 0.3) is 10.6 Å². The van der Waals surface area contributed by atoms with Gasteiger partial charge in [0.2, 0.25) is 0 Å². The van der Waals surface area contributed by atoms with E-state index in [2.05, 4.69) is 30.9 Å². The maximum atomic E-state index is 13.2. The fourth-order valence-corrected chi connectivity index (χ4v) is 4.29. The van der Waals surface area contributed by atoms with Crippen molar-refractivity contribution in [2.24, 2.45) is 16.1 Å². The van der Waals surface area contributed by atoms with Crippen molar-refractivity contribution in [1.29, 1.82) is 0 Å². The fraction of sp³-hybridized carbons (Fsp3) is 0.318. The largest absolute Gasteiger partial charge is 0.505 e. The molecule has 0 aliphatic heterocycles. The lowest BCUT2D eigenvalue weighted by Gasteiger charge is -2.19. The summed E-state index contributed by atoms with van der Waals surface area (Å²) in [5, 5.41) is 28.3. The molecule has 2 heterocycles. The summed E-state index contributed by atoms with van der Waals surface area (Å²) in [5.41, 5.74) is 6.04. The van der Waals surface area contributed by atoms with Crippen LogP contribution in [-0.2, 0) is 6.54 Å². The molecule has 0 aliphatic rings. The van der Waals surface area contributed by atoms with E-state index in [1.807, 2.05) is 11.4 Å². The van der Waals surface area contributed by atoms with Crippen LogP contribution in [0.5, 0.6) is 5.75 Å². The van der Waals surface area contributed by atoms with E-state index in [0.717, 1.165) is 0 Å². The molecule has 0 spiro atoms. The fourth-order valence-electron chi connectivity index (χ4n) is 3.02. The van der Waals surface area contributed by atoms with Crippen molar-refractivity contribution in [3.05, 3.63) is 61.7 Å². The first kappa shape index (κ1) is 24.5. The highest BCUT2D eigenvalue weighted by molar-refractivity contribution is 7.98. The number of benzene rings is 1. The van der Waals surface area contributed by atoms with Gasteiger partial charge in [-0.1, -0.05) is 26.8 Å². The molecular formula is C22H25N5O4S2. The zero-order valence-electron chi connectivity index (χ0n) is 18.7. The molecule has 0 saturated carbocycles. The predicted octanol–water partition coefficient (Wildman–Crippen LogP) is 4.78. The number of aromatic nitrogens is 2. The minimum absolute atomic E-state index is 0.0338. The summed E-state index contributed by atoms with van der Waals surface area (Å²) in [5.74, 6) is -0.533. The molecule has 0 aliphatic carbocycles. The first-order chi connectivity index (χ1) is 15.5. The number of non-ortho nitro benzene ring substituents is 1. The van der Waals surface area contributed by atoms with Crippen molar-refractivity contribution in [1.82, 2.24) is 9.78 Å². The first-order valence-corrected chi connectivity index (χ1v) is 12.2. The Bertz CT molecular complexity index is 1260. The Morgan fingerprint density at radius 2 is 2.09 bits per heavy atom. The summed E-state index contributed by atoms with van der Waals surface area (Å²) in [6.45, 7) is 6.53. The molecule has 0 saturated heterocycles. The van der Waals surface area contributed by atoms with E-state index in [1.165, 1.54) is 46.0 Å². The van der Waals surface area contributed by atoms with Gasteiger partial charge in [-0.05, 0) is 35.6 Å². The highest BCUT2D eigenvalue weighted by Crippen LogP contribution is 2.34. The number of nitrogens with two attached hydrogens (primary N) is 1. The number of nitrogens with zero attached hydrogens (tertiary/aromatic N) is 4. The second-order valence-electron chi connectivity index (χ2n) is 8.50. The van der Waals surface area contributed by atoms with Crippen LogP contribution in [0.15, 0.2) is 50.4 Å². The summed E-state index contributed by atoms with van der Waals surface area (Å²) in [7, 11) is 0. The van der Waals surface area contributed by atoms with Crippen LogP contribution in [0.1, 0.15) is 32.8 Å². The molecule has 9 nitrogen and oxygen atoms in total. The summed E-state index contributed by atoms with van der Waals surface area (Å²) in [4.78, 5) is 29.4. The lowest BCUT2D eigenvalue weighted by molar-refractivity contribution is -0.385. The smallest absolute Gasteiger partial charge is 0.281 e. The van der Waals surface area contributed by atoms with Crippen LogP contribution in [0.3, 0.4) is 0 Å². The van der Waals surface area contributed by atoms with Crippen molar-refractivity contribution >= 4 is 40.3 Å². The molecule has 2 aromatic heterocycles. The molecule has 3 rings (SSSR count). The number of hydrogen-bond acceptors (Lipinski definition) is 8. The van der Waals surface area contributed by atoms with Gasteiger partial charge in [0.25, 0.3) is 11.2 Å². The number of aromatic hydroxyl groups is 1. The van der Waals surface area contributed by atoms with Crippen LogP contribution in [0.2, 0.25) is 0 Å². The highest BCUT2D eigenvalue weighted by Gasteiger charge is 2.23. The molecule has 3 N–H and O–H groups in total. The lowest BCUT2D eigenvalue weighted by Crippen LogP contribution is -2.33. The Morgan fingerprint density at radius 1 is 1.36 bits per heavy atom. The first-order valence-electron chi connectivity index (χ1n) is 10.1. The van der Waals surface area contributed by atoms with Crippen LogP contribution >= 0.6 is 23.1 Å². The van der Waals surface area contributed by atoms with E-state index >= 15 is 0 Å². The highest BCUT2D eigenvalue weighted by atomic mass is 32.2. The predicted molar refractivity (Wildman–Crippen MR) is 133 cm³/mol. The van der Waals surface area contributed by atoms with E-state index in [0.29, 0.717) is 28.4 Å². The van der Waals surface area contributed by atoms with Gasteiger partial charge in [0, 0.05) is 23.6 Å². The van der Waals surface area contributed by atoms with Crippen molar-refractivity contribution in [2.45, 2.75) is 38.6 Å². The molecule has 11 heteroatoms. The summed E-state index contributed by atoms with van der Waals surface area (Å²) in [6, 6.07) is 7.79. The summed E-state index contributed by atoms with van der Waals surface area (Å²) >= 11 is 2.64. The number of aliphatic imine (C=N–C) groups is 1. The number of amidine groups is 1. The quantitative estimate of drug-likeness (QED) is 0.161. The normalized spacial score (nSPS) is 12.2. The zero-order chi connectivity index (χ0) is 24.3. The minimum atomic E-state index is -0.550. The summed E-state index contributed by atoms with van der Waals surface area (Å²) in [6.07, 6.45) is 2.44. The average molecular weight is 488 g/mol. The number of thioether (sulfide) groups is 1. The van der Waals surface area contributed by atoms with E-state index in [1.54, 1.807) is 12.3 Å². The average Bonchev–Trinajstić information content (AvgIpc) is 3.27. The Kier molecular flexibility index (Phi) is 7.23. The van der Waals surface area contributed by atoms with Gasteiger partial charge >= 0.3 is 0 Å². The topological polar surface area (TPSA) is 137 Å². The van der Waals surface area contributed by atoms with Gasteiger partial charge < -0.3 is 10.8 Å². The van der Waals surface area contributed by atoms with Crippen molar-refractivity contribution in [3.8, 4) is 16.3 Å². The third kappa shape index (κ3) is 5.60. The van der Waals surface area contributed by atoms with Crippen LogP contribution in [0, 0.1) is 15.5 Å². The molecule has 0 fully saturated rings. The second kappa shape index (κ2) is 9.75.